The first-order valence-corrected chi connectivity index (χ1v) is 11.4. The van der Waals surface area contributed by atoms with Crippen LogP contribution < -0.4 is 10.2 Å². The van der Waals surface area contributed by atoms with E-state index in [2.05, 4.69) is 12.2 Å². The first-order chi connectivity index (χ1) is 15.8. The molecule has 4 rings (SSSR count). The van der Waals surface area contributed by atoms with Gasteiger partial charge >= 0.3 is 5.97 Å². The number of hydrogen-bond donors (Lipinski definition) is 1. The number of hydrogen-bond acceptors (Lipinski definition) is 5. The van der Waals surface area contributed by atoms with Gasteiger partial charge in [0.15, 0.2) is 6.61 Å². The van der Waals surface area contributed by atoms with Crippen LogP contribution in [-0.4, -0.2) is 30.3 Å². The molecule has 2 fully saturated rings. The van der Waals surface area contributed by atoms with Gasteiger partial charge in [-0.2, -0.15) is 0 Å². The Kier molecular flexibility index (Phi) is 6.72. The van der Waals surface area contributed by atoms with Gasteiger partial charge in [0, 0.05) is 0 Å². The summed E-state index contributed by atoms with van der Waals surface area (Å²) in [5, 5.41) is 3.00. The van der Waals surface area contributed by atoms with Crippen LogP contribution in [0.4, 0.5) is 11.4 Å². The monoisotopic (exact) mass is 488 g/mol. The summed E-state index contributed by atoms with van der Waals surface area (Å²) in [7, 11) is 0. The Hall–Kier alpha value is -2.90. The van der Waals surface area contributed by atoms with E-state index in [-0.39, 0.29) is 39.3 Å². The SMILES string of the molecule is C[C@@H]1CC[C@H]2C(=O)N(c3ccc(C(=O)OCC(=O)Nc4cccc(Cl)c4Cl)cc3)C(=O)[C@@H]2C1. The van der Waals surface area contributed by atoms with Crippen molar-refractivity contribution < 1.29 is 23.9 Å². The second-order valence-electron chi connectivity index (χ2n) is 8.42. The highest BCUT2D eigenvalue weighted by molar-refractivity contribution is 6.44. The third kappa shape index (κ3) is 4.75. The van der Waals surface area contributed by atoms with Crippen LogP contribution in [0.15, 0.2) is 42.5 Å². The Labute approximate surface area is 201 Å². The third-order valence-corrected chi connectivity index (χ3v) is 6.93. The van der Waals surface area contributed by atoms with Crippen molar-refractivity contribution in [1.29, 1.82) is 0 Å². The third-order valence-electron chi connectivity index (χ3n) is 6.11. The summed E-state index contributed by atoms with van der Waals surface area (Å²) in [5.74, 6) is -1.74. The number of carbonyl (C=O) groups excluding carboxylic acids is 4. The number of ether oxygens (including phenoxy) is 1. The molecule has 1 saturated heterocycles. The van der Waals surface area contributed by atoms with Crippen molar-refractivity contribution in [1.82, 2.24) is 0 Å². The largest absolute Gasteiger partial charge is 0.452 e. The van der Waals surface area contributed by atoms with E-state index < -0.39 is 18.5 Å². The molecule has 2 aromatic carbocycles. The molecule has 9 heteroatoms. The summed E-state index contributed by atoms with van der Waals surface area (Å²) < 4.78 is 5.05. The molecule has 1 aliphatic heterocycles. The zero-order valence-corrected chi connectivity index (χ0v) is 19.4. The maximum Gasteiger partial charge on any atom is 0.338 e. The highest BCUT2D eigenvalue weighted by Gasteiger charge is 2.49. The van der Waals surface area contributed by atoms with Gasteiger partial charge < -0.3 is 10.1 Å². The van der Waals surface area contributed by atoms with E-state index >= 15 is 0 Å². The maximum absolute atomic E-state index is 12.8. The lowest BCUT2D eigenvalue weighted by atomic mass is 9.76. The summed E-state index contributed by atoms with van der Waals surface area (Å²) in [6, 6.07) is 10.8. The van der Waals surface area contributed by atoms with Gasteiger partial charge in [0.1, 0.15) is 0 Å². The fraction of sp³-hybridized carbons (Fsp3) is 0.333. The van der Waals surface area contributed by atoms with Gasteiger partial charge in [0.25, 0.3) is 5.91 Å². The van der Waals surface area contributed by atoms with E-state index in [1.807, 2.05) is 0 Å². The summed E-state index contributed by atoms with van der Waals surface area (Å²) in [4.78, 5) is 51.3. The number of nitrogens with one attached hydrogen (secondary N) is 1. The minimum Gasteiger partial charge on any atom is -0.452 e. The smallest absolute Gasteiger partial charge is 0.338 e. The number of imide groups is 1. The van der Waals surface area contributed by atoms with Crippen LogP contribution in [0.25, 0.3) is 0 Å². The fourth-order valence-corrected chi connectivity index (χ4v) is 4.74. The molecule has 1 aliphatic carbocycles. The molecule has 0 bridgehead atoms. The Balaban J connectivity index is 1.36. The van der Waals surface area contributed by atoms with Crippen molar-refractivity contribution in [3.63, 3.8) is 0 Å². The first kappa shape index (κ1) is 23.3. The second kappa shape index (κ2) is 9.53. The van der Waals surface area contributed by atoms with E-state index in [9.17, 15) is 19.2 Å². The second-order valence-corrected chi connectivity index (χ2v) is 9.20. The van der Waals surface area contributed by atoms with E-state index in [4.69, 9.17) is 27.9 Å². The Morgan fingerprint density at radius 1 is 1.03 bits per heavy atom. The number of nitrogens with zero attached hydrogens (tertiary/aromatic N) is 1. The molecule has 1 N–H and O–H groups in total. The quantitative estimate of drug-likeness (QED) is 0.485. The number of fused-ring (bicyclic) bond motifs is 1. The number of benzene rings is 2. The number of carbonyl (C=O) groups is 4. The molecular formula is C24H22Cl2N2O5. The molecule has 172 valence electrons. The molecule has 2 aliphatic rings. The lowest BCUT2D eigenvalue weighted by Gasteiger charge is -2.25. The predicted molar refractivity (Wildman–Crippen MR) is 124 cm³/mol. The van der Waals surface area contributed by atoms with Crippen molar-refractivity contribution in [2.24, 2.45) is 17.8 Å². The van der Waals surface area contributed by atoms with E-state index in [1.165, 1.54) is 17.0 Å². The van der Waals surface area contributed by atoms with Gasteiger partial charge in [0.2, 0.25) is 11.8 Å². The zero-order valence-electron chi connectivity index (χ0n) is 17.8. The summed E-state index contributed by atoms with van der Waals surface area (Å²) >= 11 is 11.9. The number of anilines is 2. The minimum atomic E-state index is -0.713. The van der Waals surface area contributed by atoms with Crippen LogP contribution in [-0.2, 0) is 19.1 Å². The maximum atomic E-state index is 12.8. The van der Waals surface area contributed by atoms with Crippen LogP contribution in [0.1, 0.15) is 36.5 Å². The summed E-state index contributed by atoms with van der Waals surface area (Å²) in [5.41, 5.74) is 0.930. The van der Waals surface area contributed by atoms with Crippen molar-refractivity contribution >= 4 is 58.3 Å². The first-order valence-electron chi connectivity index (χ1n) is 10.6. The average Bonchev–Trinajstić information content (AvgIpc) is 3.04. The topological polar surface area (TPSA) is 92.8 Å². The standard InChI is InChI=1S/C24H22Cl2N2O5/c1-13-5-10-16-17(11-13)23(31)28(22(16)30)15-8-6-14(7-9-15)24(32)33-12-20(29)27-19-4-2-3-18(25)21(19)26/h2-4,6-9,13,16-17H,5,10-12H2,1H3,(H,27,29)/t13-,16-,17-/m1/s1. The highest BCUT2D eigenvalue weighted by atomic mass is 35.5. The van der Waals surface area contributed by atoms with Gasteiger partial charge in [-0.1, -0.05) is 36.2 Å². The minimum absolute atomic E-state index is 0.177. The van der Waals surface area contributed by atoms with Crippen LogP contribution in [0, 0.1) is 17.8 Å². The number of esters is 1. The summed E-state index contributed by atoms with van der Waals surface area (Å²) in [6.45, 7) is 1.58. The van der Waals surface area contributed by atoms with Gasteiger partial charge in [0.05, 0.1) is 38.8 Å². The van der Waals surface area contributed by atoms with Crippen LogP contribution in [0.3, 0.4) is 0 Å². The average molecular weight is 489 g/mol. The molecule has 0 aromatic heterocycles. The molecule has 0 unspecified atom stereocenters. The van der Waals surface area contributed by atoms with Crippen molar-refractivity contribution in [3.8, 4) is 0 Å². The number of rotatable bonds is 5. The zero-order chi connectivity index (χ0) is 23.7. The van der Waals surface area contributed by atoms with Crippen molar-refractivity contribution in [2.45, 2.75) is 26.2 Å². The fourth-order valence-electron chi connectivity index (χ4n) is 4.39. The lowest BCUT2D eigenvalue weighted by molar-refractivity contribution is -0.122. The van der Waals surface area contributed by atoms with Crippen molar-refractivity contribution in [2.75, 3.05) is 16.8 Å². The number of amides is 3. The predicted octanol–water partition coefficient (Wildman–Crippen LogP) is 4.71. The van der Waals surface area contributed by atoms with E-state index in [0.29, 0.717) is 17.3 Å². The molecule has 3 amide bonds. The van der Waals surface area contributed by atoms with E-state index in [0.717, 1.165) is 19.3 Å². The highest BCUT2D eigenvalue weighted by Crippen LogP contribution is 2.42. The van der Waals surface area contributed by atoms with Gasteiger partial charge in [-0.25, -0.2) is 4.79 Å². The van der Waals surface area contributed by atoms with Gasteiger partial charge in [-0.05, 0) is 61.6 Å². The molecule has 1 heterocycles. The molecule has 3 atom stereocenters. The van der Waals surface area contributed by atoms with Crippen molar-refractivity contribution in [3.05, 3.63) is 58.1 Å². The van der Waals surface area contributed by atoms with Crippen LogP contribution >= 0.6 is 23.2 Å². The molecular weight excluding hydrogens is 467 g/mol. The Bertz CT molecular complexity index is 1120. The molecule has 7 nitrogen and oxygen atoms in total. The Morgan fingerprint density at radius 3 is 2.45 bits per heavy atom. The molecule has 1 saturated carbocycles. The molecule has 0 radical (unpaired) electrons. The van der Waals surface area contributed by atoms with Crippen LogP contribution in [0.5, 0.6) is 0 Å². The normalized spacial score (nSPS) is 22.2. The molecule has 0 spiro atoms. The lowest BCUT2D eigenvalue weighted by Crippen LogP contribution is -2.30. The molecule has 2 aromatic rings. The molecule has 33 heavy (non-hydrogen) atoms. The Morgan fingerprint density at radius 2 is 1.73 bits per heavy atom. The summed E-state index contributed by atoms with van der Waals surface area (Å²) in [6.07, 6.45) is 2.38. The number of halogens is 2. The van der Waals surface area contributed by atoms with Gasteiger partial charge in [-0.3, -0.25) is 19.3 Å². The van der Waals surface area contributed by atoms with Gasteiger partial charge in [-0.15, -0.1) is 0 Å². The van der Waals surface area contributed by atoms with E-state index in [1.54, 1.807) is 30.3 Å². The van der Waals surface area contributed by atoms with Crippen LogP contribution in [0.2, 0.25) is 10.0 Å².